The predicted octanol–water partition coefficient (Wildman–Crippen LogP) is 0.986. The quantitative estimate of drug-likeness (QED) is 0.290. The van der Waals surface area contributed by atoms with Gasteiger partial charge in [0.1, 0.15) is 0 Å². The Morgan fingerprint density at radius 1 is 0.818 bits per heavy atom. The third kappa shape index (κ3) is 14.5. The van der Waals surface area contributed by atoms with Crippen molar-refractivity contribution >= 4 is 10.1 Å². The predicted molar refractivity (Wildman–Crippen MR) is 86.2 cm³/mol. The van der Waals surface area contributed by atoms with Crippen LogP contribution in [0.5, 0.6) is 0 Å². The van der Waals surface area contributed by atoms with Gasteiger partial charge in [0.15, 0.2) is 0 Å². The molecule has 1 N–H and O–H groups in total. The van der Waals surface area contributed by atoms with Crippen LogP contribution in [0, 0.1) is 0 Å². The van der Waals surface area contributed by atoms with Crippen molar-refractivity contribution in [2.75, 3.05) is 0 Å². The Kier molecular flexibility index (Phi) is 17.6. The van der Waals surface area contributed by atoms with Crippen molar-refractivity contribution in [3.8, 4) is 0 Å². The van der Waals surface area contributed by atoms with E-state index in [0.717, 1.165) is 64.2 Å². The van der Waals surface area contributed by atoms with Crippen LogP contribution in [0.2, 0.25) is 0 Å². The molecule has 2 unspecified atom stereocenters. The Labute approximate surface area is 159 Å². The zero-order valence-electron chi connectivity index (χ0n) is 14.7. The maximum Gasteiger partial charge on any atom is 1.00 e. The summed E-state index contributed by atoms with van der Waals surface area (Å²) in [4.78, 5) is 0. The van der Waals surface area contributed by atoms with Crippen LogP contribution in [0.1, 0.15) is 90.9 Å². The van der Waals surface area contributed by atoms with Crippen molar-refractivity contribution in [1.82, 2.24) is 0 Å². The molecule has 22 heavy (non-hydrogen) atoms. The van der Waals surface area contributed by atoms with Crippen molar-refractivity contribution in [3.05, 3.63) is 0 Å². The van der Waals surface area contributed by atoms with Gasteiger partial charge in [-0.3, -0.25) is 0 Å². The summed E-state index contributed by atoms with van der Waals surface area (Å²) >= 11 is 0. The number of unbranched alkanes of at least 4 members (excludes halogenated alkanes) is 5. The van der Waals surface area contributed by atoms with Gasteiger partial charge in [-0.2, -0.15) is 0 Å². The van der Waals surface area contributed by atoms with E-state index in [9.17, 15) is 18.1 Å². The van der Waals surface area contributed by atoms with Crippen molar-refractivity contribution in [2.45, 2.75) is 102 Å². The monoisotopic (exact) mass is 344 g/mol. The van der Waals surface area contributed by atoms with Gasteiger partial charge in [-0.1, -0.05) is 65.2 Å². The summed E-state index contributed by atoms with van der Waals surface area (Å²) in [5.74, 6) is 0. The zero-order valence-corrected chi connectivity index (χ0v) is 17.5. The molecule has 0 aromatic heterocycles. The normalized spacial score (nSPS) is 14.4. The van der Waals surface area contributed by atoms with Gasteiger partial charge in [-0.05, 0) is 25.7 Å². The number of hydrogen-bond donors (Lipinski definition) is 1. The third-order valence-corrected chi connectivity index (χ3v) is 5.28. The van der Waals surface area contributed by atoms with Gasteiger partial charge < -0.3 is 9.66 Å². The first-order valence-electron chi connectivity index (χ1n) is 8.54. The molecule has 0 aliphatic heterocycles. The average molecular weight is 344 g/mol. The van der Waals surface area contributed by atoms with Gasteiger partial charge in [0.2, 0.25) is 0 Å². The Balaban J connectivity index is 0. The van der Waals surface area contributed by atoms with E-state index in [1.807, 2.05) is 6.92 Å². The minimum atomic E-state index is -4.14. The fraction of sp³-hybridized carbons (Fsp3) is 1.00. The molecule has 0 aromatic rings. The molecule has 0 spiro atoms. The fourth-order valence-electron chi connectivity index (χ4n) is 2.55. The minimum Gasteiger partial charge on any atom is -0.748 e. The molecule has 0 amide bonds. The first-order chi connectivity index (χ1) is 9.91. The summed E-state index contributed by atoms with van der Waals surface area (Å²) in [5, 5.41) is 9.01. The first kappa shape index (κ1) is 25.1. The van der Waals surface area contributed by atoms with Gasteiger partial charge >= 0.3 is 29.6 Å². The van der Waals surface area contributed by atoms with Crippen LogP contribution in [0.25, 0.3) is 0 Å². The van der Waals surface area contributed by atoms with Crippen LogP contribution >= 0.6 is 0 Å². The standard InChI is InChI=1S/C16H34O4S.Na/c1-3-5-11-15(17)12-9-7-8-10-14-16(13-6-4-2)21(18,19)20;/h15-17H,3-14H2,1-2H3,(H,18,19,20);/q;+1/p-1. The van der Waals surface area contributed by atoms with E-state index < -0.39 is 15.4 Å². The summed E-state index contributed by atoms with van der Waals surface area (Å²) in [7, 11) is -4.14. The molecule has 0 rings (SSSR count). The molecule has 0 saturated carbocycles. The molecular formula is C16H33NaO4S. The van der Waals surface area contributed by atoms with Gasteiger partial charge in [0, 0.05) is 5.25 Å². The van der Waals surface area contributed by atoms with Crippen LogP contribution in [0.4, 0.5) is 0 Å². The molecule has 2 atom stereocenters. The Hall–Kier alpha value is 0.870. The van der Waals surface area contributed by atoms with Crippen LogP contribution in [0.15, 0.2) is 0 Å². The summed E-state index contributed by atoms with van der Waals surface area (Å²) in [6, 6.07) is 0. The average Bonchev–Trinajstić information content (AvgIpc) is 2.42. The van der Waals surface area contributed by atoms with Crippen LogP contribution in [0.3, 0.4) is 0 Å². The second-order valence-electron chi connectivity index (χ2n) is 6.04. The number of aliphatic hydroxyl groups is 1. The minimum absolute atomic E-state index is 0. The maximum atomic E-state index is 11.2. The topological polar surface area (TPSA) is 77.4 Å². The third-order valence-electron chi connectivity index (χ3n) is 3.99. The van der Waals surface area contributed by atoms with Crippen molar-refractivity contribution in [3.63, 3.8) is 0 Å². The van der Waals surface area contributed by atoms with Gasteiger partial charge in [0.25, 0.3) is 0 Å². The molecule has 4 nitrogen and oxygen atoms in total. The molecule has 0 radical (unpaired) electrons. The van der Waals surface area contributed by atoms with E-state index in [1.54, 1.807) is 0 Å². The molecule has 128 valence electrons. The van der Waals surface area contributed by atoms with Crippen molar-refractivity contribution in [1.29, 1.82) is 0 Å². The van der Waals surface area contributed by atoms with E-state index >= 15 is 0 Å². The largest absolute Gasteiger partial charge is 1.00 e. The van der Waals surface area contributed by atoms with Gasteiger partial charge in [0.05, 0.1) is 16.2 Å². The van der Waals surface area contributed by atoms with E-state index in [0.29, 0.717) is 12.8 Å². The molecule has 6 heteroatoms. The SMILES string of the molecule is CCCCC(O)CCCCCCC(CCCC)S(=O)(=O)[O-].[Na+]. The zero-order chi connectivity index (χ0) is 16.1. The smallest absolute Gasteiger partial charge is 0.748 e. The Morgan fingerprint density at radius 3 is 1.73 bits per heavy atom. The number of rotatable bonds is 14. The molecule has 0 heterocycles. The fourth-order valence-corrected chi connectivity index (χ4v) is 3.47. The van der Waals surface area contributed by atoms with Crippen molar-refractivity contribution in [2.24, 2.45) is 0 Å². The van der Waals surface area contributed by atoms with Crippen LogP contribution in [-0.2, 0) is 10.1 Å². The molecule has 0 aromatic carbocycles. The Bertz CT molecular complexity index is 333. The second kappa shape index (κ2) is 15.4. The van der Waals surface area contributed by atoms with E-state index in [1.165, 1.54) is 0 Å². The molecule has 0 aliphatic rings. The summed E-state index contributed by atoms with van der Waals surface area (Å²) in [6.07, 6.45) is 10.1. The molecule has 0 bridgehead atoms. The van der Waals surface area contributed by atoms with Crippen LogP contribution < -0.4 is 29.6 Å². The maximum absolute atomic E-state index is 11.2. The summed E-state index contributed by atoms with van der Waals surface area (Å²) < 4.78 is 33.5. The van der Waals surface area contributed by atoms with Crippen LogP contribution in [-0.4, -0.2) is 29.4 Å². The van der Waals surface area contributed by atoms with E-state index in [2.05, 4.69) is 6.92 Å². The van der Waals surface area contributed by atoms with E-state index in [-0.39, 0.29) is 35.7 Å². The Morgan fingerprint density at radius 2 is 1.23 bits per heavy atom. The molecular weight excluding hydrogens is 311 g/mol. The second-order valence-corrected chi connectivity index (χ2v) is 7.70. The van der Waals surface area contributed by atoms with Gasteiger partial charge in [-0.15, -0.1) is 0 Å². The molecule has 0 saturated heterocycles. The number of hydrogen-bond acceptors (Lipinski definition) is 4. The summed E-state index contributed by atoms with van der Waals surface area (Å²) in [6.45, 7) is 4.12. The molecule has 0 aliphatic carbocycles. The summed E-state index contributed by atoms with van der Waals surface area (Å²) in [5.41, 5.74) is 0. The molecule has 0 fully saturated rings. The van der Waals surface area contributed by atoms with Crippen molar-refractivity contribution < 1.29 is 47.6 Å². The van der Waals surface area contributed by atoms with Gasteiger partial charge in [-0.25, -0.2) is 8.42 Å². The van der Waals surface area contributed by atoms with E-state index in [4.69, 9.17) is 0 Å². The first-order valence-corrected chi connectivity index (χ1v) is 10.0. The number of aliphatic hydroxyl groups excluding tert-OH is 1.